The van der Waals surface area contributed by atoms with Crippen LogP contribution in [0.4, 0.5) is 52.7 Å². The van der Waals surface area contributed by atoms with E-state index in [1.54, 1.807) is 0 Å². The van der Waals surface area contributed by atoms with Gasteiger partial charge in [0.05, 0.1) is 0 Å². The molecule has 0 atom stereocenters. The van der Waals surface area contributed by atoms with Gasteiger partial charge in [-0.3, -0.25) is 0 Å². The molecule has 0 N–H and O–H groups in total. The van der Waals surface area contributed by atoms with Crippen molar-refractivity contribution in [2.75, 3.05) is 0 Å². The van der Waals surface area contributed by atoms with Crippen molar-refractivity contribution in [3.8, 4) is 11.1 Å². The second-order valence-electron chi connectivity index (χ2n) is 8.75. The predicted octanol–water partition coefficient (Wildman–Crippen LogP) is 6.69. The summed E-state index contributed by atoms with van der Waals surface area (Å²) in [7, 11) is 0. The summed E-state index contributed by atoms with van der Waals surface area (Å²) in [5.41, 5.74) is -1.16. The lowest BCUT2D eigenvalue weighted by atomic mass is 10.0. The molecule has 13 heteroatoms. The van der Waals surface area contributed by atoms with E-state index in [9.17, 15) is 39.5 Å². The Morgan fingerprint density at radius 1 is 0.366 bits per heavy atom. The molecule has 0 amide bonds. The summed E-state index contributed by atoms with van der Waals surface area (Å²) in [6, 6.07) is 8.26. The molecule has 41 heavy (non-hydrogen) atoms. The van der Waals surface area contributed by atoms with E-state index in [0.717, 1.165) is 36.4 Å². The van der Waals surface area contributed by atoms with Crippen molar-refractivity contribution in [2.45, 2.75) is 0 Å². The molecule has 5 aromatic rings. The highest BCUT2D eigenvalue weighted by atomic mass is 27.2. The van der Waals surface area contributed by atoms with Crippen LogP contribution in [-0.2, 0) is 0 Å². The van der Waals surface area contributed by atoms with Gasteiger partial charge < -0.3 is 0 Å². The van der Waals surface area contributed by atoms with Crippen molar-refractivity contribution in [2.24, 2.45) is 0 Å². The third-order valence-electron chi connectivity index (χ3n) is 6.57. The second-order valence-corrected chi connectivity index (χ2v) is 11.4. The molecule has 0 saturated heterocycles. The maximum absolute atomic E-state index is 15.3. The van der Waals surface area contributed by atoms with E-state index in [0.29, 0.717) is 6.07 Å². The van der Waals surface area contributed by atoms with Crippen LogP contribution in [-0.4, -0.2) is 14.1 Å². The molecule has 5 rings (SSSR count). The number of hydrogen-bond acceptors (Lipinski definition) is 0. The molecule has 0 saturated carbocycles. The Hall–Kier alpha value is -3.95. The van der Waals surface area contributed by atoms with Crippen LogP contribution in [0.25, 0.3) is 21.9 Å². The van der Waals surface area contributed by atoms with Crippen molar-refractivity contribution in [1.29, 1.82) is 0 Å². The zero-order valence-corrected chi connectivity index (χ0v) is 21.0. The van der Waals surface area contributed by atoms with E-state index in [-0.39, 0.29) is 0 Å². The summed E-state index contributed by atoms with van der Waals surface area (Å²) >= 11 is -4.43. The predicted molar refractivity (Wildman–Crippen MR) is 126 cm³/mol. The third-order valence-corrected chi connectivity index (χ3v) is 9.88. The van der Waals surface area contributed by atoms with Crippen molar-refractivity contribution in [3.05, 3.63) is 124 Å². The average molecular weight is 600 g/mol. The van der Waals surface area contributed by atoms with Gasteiger partial charge in [-0.05, 0) is 22.1 Å². The fourth-order valence-corrected chi connectivity index (χ4v) is 8.20. The molecule has 0 aliphatic heterocycles. The molecule has 0 bridgehead atoms. The van der Waals surface area contributed by atoms with Crippen molar-refractivity contribution >= 4 is 38.2 Å². The van der Waals surface area contributed by atoms with Crippen LogP contribution in [0.2, 0.25) is 0 Å². The molecular formula is C28H9AlF12. The molecule has 0 spiro atoms. The van der Waals surface area contributed by atoms with Gasteiger partial charge in [0.2, 0.25) is 0 Å². The topological polar surface area (TPSA) is 0 Å². The first-order valence-electron chi connectivity index (χ1n) is 11.4. The maximum atomic E-state index is 15.3. The van der Waals surface area contributed by atoms with Crippen LogP contribution in [0.3, 0.4) is 0 Å². The summed E-state index contributed by atoms with van der Waals surface area (Å²) < 4.78 is 172. The number of benzene rings is 5. The van der Waals surface area contributed by atoms with Gasteiger partial charge in [0.1, 0.15) is 0 Å². The SMILES string of the molecule is Fc1ccc(-c2cccc[c]2[Al]([c]2c(F)c(F)c(F)c(F)c2F)[c]2cccc3c(F)c(F)c(F)c(F)c23)c(F)c1F. The highest BCUT2D eigenvalue weighted by molar-refractivity contribution is 6.97. The normalized spacial score (nSPS) is 11.4. The number of fused-ring (bicyclic) bond motifs is 1. The van der Waals surface area contributed by atoms with Crippen molar-refractivity contribution < 1.29 is 52.7 Å². The van der Waals surface area contributed by atoms with Gasteiger partial charge in [0.25, 0.3) is 0 Å². The minimum Gasteiger partial charge on any atom is -0.205 e. The van der Waals surface area contributed by atoms with E-state index in [2.05, 4.69) is 0 Å². The van der Waals surface area contributed by atoms with Crippen LogP contribution in [0.1, 0.15) is 0 Å². The average Bonchev–Trinajstić information content (AvgIpc) is 2.97. The smallest absolute Gasteiger partial charge is 0.205 e. The van der Waals surface area contributed by atoms with Crippen molar-refractivity contribution in [1.82, 2.24) is 0 Å². The summed E-state index contributed by atoms with van der Waals surface area (Å²) in [5, 5.41) is -2.01. The quantitative estimate of drug-likeness (QED) is 0.0934. The molecule has 0 fully saturated rings. The zero-order valence-electron chi connectivity index (χ0n) is 19.8. The Bertz CT molecular complexity index is 1860. The molecule has 0 aromatic heterocycles. The Kier molecular flexibility index (Phi) is 7.30. The Labute approximate surface area is 226 Å². The molecule has 0 nitrogen and oxygen atoms in total. The first-order chi connectivity index (χ1) is 19.4. The highest BCUT2D eigenvalue weighted by Crippen LogP contribution is 2.29. The molecule has 208 valence electrons. The lowest BCUT2D eigenvalue weighted by molar-refractivity contribution is 0.384. The van der Waals surface area contributed by atoms with Gasteiger partial charge >= 0.3 is 14.1 Å². The van der Waals surface area contributed by atoms with E-state index >= 15 is 13.2 Å². The van der Waals surface area contributed by atoms with Gasteiger partial charge in [-0.1, -0.05) is 51.3 Å². The fraction of sp³-hybridized carbons (Fsp3) is 0. The first-order valence-corrected chi connectivity index (χ1v) is 13.1. The van der Waals surface area contributed by atoms with E-state index in [4.69, 9.17) is 0 Å². The van der Waals surface area contributed by atoms with Crippen LogP contribution < -0.4 is 13.3 Å². The van der Waals surface area contributed by atoms with Crippen LogP contribution in [0.15, 0.2) is 54.6 Å². The Morgan fingerprint density at radius 2 is 0.902 bits per heavy atom. The van der Waals surface area contributed by atoms with E-state index < -0.39 is 119 Å². The summed E-state index contributed by atoms with van der Waals surface area (Å²) in [5.74, 6) is -26.0. The lowest BCUT2D eigenvalue weighted by Crippen LogP contribution is -2.56. The maximum Gasteiger partial charge on any atom is 0.395 e. The van der Waals surface area contributed by atoms with Gasteiger partial charge in [0.15, 0.2) is 69.8 Å². The standard InChI is InChI=1S/C12H6F3.C10H3F4.C6F5.Al/c13-10-7-6-9(11(14)12(10)15)8-4-2-1-3-5-8;11-7-5-3-1-2-4-6(5)8(12)10(14)9(7)13;7-2-1-3(8)5(10)6(11)4(2)9;/h1-4,6-7H;1-3H;;. The number of hydrogen-bond donors (Lipinski definition) is 0. The van der Waals surface area contributed by atoms with E-state index in [1.165, 1.54) is 12.1 Å². The second kappa shape index (κ2) is 10.5. The molecule has 5 aromatic carbocycles. The Morgan fingerprint density at radius 3 is 1.56 bits per heavy atom. The summed E-state index contributed by atoms with van der Waals surface area (Å²) in [6.07, 6.45) is 0. The lowest BCUT2D eigenvalue weighted by Gasteiger charge is -2.22. The largest absolute Gasteiger partial charge is 0.395 e. The summed E-state index contributed by atoms with van der Waals surface area (Å²) in [6.45, 7) is 0. The van der Waals surface area contributed by atoms with Gasteiger partial charge in [-0.25, -0.2) is 52.7 Å². The number of halogens is 12. The van der Waals surface area contributed by atoms with Crippen molar-refractivity contribution in [3.63, 3.8) is 0 Å². The highest BCUT2D eigenvalue weighted by Gasteiger charge is 2.40. The van der Waals surface area contributed by atoms with Crippen LogP contribution in [0.5, 0.6) is 0 Å². The van der Waals surface area contributed by atoms with Crippen LogP contribution >= 0.6 is 0 Å². The first kappa shape index (κ1) is 28.6. The molecule has 0 radical (unpaired) electrons. The van der Waals surface area contributed by atoms with Crippen LogP contribution in [0, 0.1) is 69.8 Å². The number of rotatable bonds is 4. The molecular weight excluding hydrogens is 591 g/mol. The third kappa shape index (κ3) is 4.35. The summed E-state index contributed by atoms with van der Waals surface area (Å²) in [4.78, 5) is 0. The van der Waals surface area contributed by atoms with E-state index in [1.807, 2.05) is 0 Å². The fourth-order valence-electron chi connectivity index (χ4n) is 4.74. The van der Waals surface area contributed by atoms with Gasteiger partial charge in [0, 0.05) is 16.3 Å². The van der Waals surface area contributed by atoms with Gasteiger partial charge in [-0.2, -0.15) is 0 Å². The monoisotopic (exact) mass is 600 g/mol. The molecule has 0 unspecified atom stereocenters. The minimum atomic E-state index is -4.43. The minimum absolute atomic E-state index is 0.440. The zero-order chi connectivity index (χ0) is 29.9. The molecule has 0 aliphatic carbocycles. The van der Waals surface area contributed by atoms with Gasteiger partial charge in [-0.15, -0.1) is 0 Å². The Balaban J connectivity index is 1.99. The molecule has 0 heterocycles. The molecule has 0 aliphatic rings.